The highest BCUT2D eigenvalue weighted by Crippen LogP contribution is 2.37. The van der Waals surface area contributed by atoms with Crippen LogP contribution in [0.2, 0.25) is 0 Å². The molecule has 0 aliphatic carbocycles. The smallest absolute Gasteiger partial charge is 0.321 e. The topological polar surface area (TPSA) is 113 Å². The Bertz CT molecular complexity index is 1580. The summed E-state index contributed by atoms with van der Waals surface area (Å²) in [6, 6.07) is 22.6. The summed E-state index contributed by atoms with van der Waals surface area (Å²) in [6.07, 6.45) is 0.422. The Morgan fingerprint density at radius 1 is 1.11 bits per heavy atom. The van der Waals surface area contributed by atoms with Gasteiger partial charge < -0.3 is 19.2 Å². The number of hydrogen-bond acceptors (Lipinski definition) is 7. The molecule has 1 aliphatic rings. The number of aromatic nitrogens is 3. The number of rotatable bonds is 7. The summed E-state index contributed by atoms with van der Waals surface area (Å²) >= 11 is 1.43. The van der Waals surface area contributed by atoms with Gasteiger partial charge >= 0.3 is 5.97 Å². The molecule has 1 aliphatic heterocycles. The maximum absolute atomic E-state index is 12.0. The van der Waals surface area contributed by atoms with Crippen molar-refractivity contribution in [3.8, 4) is 17.2 Å². The Labute approximate surface area is 217 Å². The molecule has 186 valence electrons. The highest BCUT2D eigenvalue weighted by atomic mass is 32.2. The van der Waals surface area contributed by atoms with E-state index in [2.05, 4.69) is 26.6 Å². The minimum Gasteiger partial charge on any atom is -0.496 e. The van der Waals surface area contributed by atoms with Crippen LogP contribution < -0.4 is 10.1 Å². The molecule has 2 unspecified atom stereocenters. The van der Waals surface area contributed by atoms with E-state index in [9.17, 15) is 9.90 Å². The fraction of sp³-hybridized carbons (Fsp3) is 0.179. The molecule has 0 fully saturated rings. The number of carboxylic acid groups (broad SMARTS) is 1. The summed E-state index contributed by atoms with van der Waals surface area (Å²) in [5, 5.41) is 23.0. The average Bonchev–Trinajstić information content (AvgIpc) is 3.56. The van der Waals surface area contributed by atoms with Crippen molar-refractivity contribution in [2.24, 2.45) is 0 Å². The van der Waals surface area contributed by atoms with E-state index in [1.54, 1.807) is 7.11 Å². The van der Waals surface area contributed by atoms with E-state index in [0.717, 1.165) is 44.6 Å². The maximum Gasteiger partial charge on any atom is 0.321 e. The number of carboxylic acids is 1. The zero-order chi connectivity index (χ0) is 25.4. The molecule has 3 heterocycles. The van der Waals surface area contributed by atoms with Crippen molar-refractivity contribution in [1.29, 1.82) is 0 Å². The molecule has 0 saturated carbocycles. The molecule has 8 nitrogen and oxygen atoms in total. The summed E-state index contributed by atoms with van der Waals surface area (Å²) in [6.45, 7) is 0. The molecule has 0 radical (unpaired) electrons. The first kappa shape index (κ1) is 23.3. The predicted octanol–water partition coefficient (Wildman–Crippen LogP) is 5.21. The molecule has 37 heavy (non-hydrogen) atoms. The number of ether oxygens (including phenoxy) is 1. The number of aliphatic carboxylic acids is 1. The SMILES string of the molecule is COc1ccc(C2NC(C(=O)O)Cc3c2[nH]c2ccccc32)cc1CSc1nnc(-c2ccccc2)o1. The number of aromatic amines is 1. The van der Waals surface area contributed by atoms with E-state index >= 15 is 0 Å². The third-order valence-electron chi connectivity index (χ3n) is 6.63. The van der Waals surface area contributed by atoms with E-state index in [1.165, 1.54) is 11.8 Å². The molecule has 0 bridgehead atoms. The van der Waals surface area contributed by atoms with Crippen LogP contribution in [0.1, 0.15) is 28.4 Å². The molecule has 0 amide bonds. The van der Waals surface area contributed by atoms with Crippen LogP contribution in [0.15, 0.2) is 82.4 Å². The second-order valence-electron chi connectivity index (χ2n) is 8.86. The highest BCUT2D eigenvalue weighted by Gasteiger charge is 2.34. The van der Waals surface area contributed by atoms with Crippen molar-refractivity contribution in [2.75, 3.05) is 7.11 Å². The molecular weight excluding hydrogens is 488 g/mol. The van der Waals surface area contributed by atoms with E-state index in [-0.39, 0.29) is 6.04 Å². The van der Waals surface area contributed by atoms with Gasteiger partial charge in [-0.25, -0.2) is 0 Å². The zero-order valence-electron chi connectivity index (χ0n) is 20.0. The van der Waals surface area contributed by atoms with Crippen LogP contribution >= 0.6 is 11.8 Å². The molecule has 0 saturated heterocycles. The number of nitrogens with zero attached hydrogens (tertiary/aromatic N) is 2. The van der Waals surface area contributed by atoms with Gasteiger partial charge in [-0.2, -0.15) is 0 Å². The number of benzene rings is 3. The van der Waals surface area contributed by atoms with Crippen molar-refractivity contribution in [1.82, 2.24) is 20.5 Å². The predicted molar refractivity (Wildman–Crippen MR) is 141 cm³/mol. The largest absolute Gasteiger partial charge is 0.496 e. The molecular formula is C28H24N4O4S. The third-order valence-corrected chi connectivity index (χ3v) is 7.49. The average molecular weight is 513 g/mol. The number of nitrogens with one attached hydrogen (secondary N) is 2. The van der Waals surface area contributed by atoms with Crippen LogP contribution in [0, 0.1) is 0 Å². The molecule has 3 N–H and O–H groups in total. The molecule has 6 rings (SSSR count). The van der Waals surface area contributed by atoms with Gasteiger partial charge in [-0.05, 0) is 41.5 Å². The lowest BCUT2D eigenvalue weighted by molar-refractivity contribution is -0.139. The Balaban J connectivity index is 1.31. The van der Waals surface area contributed by atoms with Crippen molar-refractivity contribution >= 4 is 28.6 Å². The van der Waals surface area contributed by atoms with Gasteiger partial charge in [-0.1, -0.05) is 54.2 Å². The first-order valence-electron chi connectivity index (χ1n) is 11.9. The Morgan fingerprint density at radius 3 is 2.73 bits per heavy atom. The van der Waals surface area contributed by atoms with Crippen LogP contribution in [0.5, 0.6) is 5.75 Å². The minimum absolute atomic E-state index is 0.306. The van der Waals surface area contributed by atoms with Crippen molar-refractivity contribution in [2.45, 2.75) is 29.5 Å². The molecule has 3 aromatic carbocycles. The van der Waals surface area contributed by atoms with Gasteiger partial charge in [0, 0.05) is 39.9 Å². The van der Waals surface area contributed by atoms with Crippen LogP contribution in [-0.4, -0.2) is 39.4 Å². The lowest BCUT2D eigenvalue weighted by Crippen LogP contribution is -2.45. The fourth-order valence-electron chi connectivity index (χ4n) is 4.85. The van der Waals surface area contributed by atoms with E-state index in [0.29, 0.717) is 23.3 Å². The quantitative estimate of drug-likeness (QED) is 0.255. The van der Waals surface area contributed by atoms with Crippen LogP contribution in [0.4, 0.5) is 0 Å². The van der Waals surface area contributed by atoms with Crippen LogP contribution in [0.25, 0.3) is 22.4 Å². The number of carbonyl (C=O) groups is 1. The molecule has 2 aromatic heterocycles. The summed E-state index contributed by atoms with van der Waals surface area (Å²) in [7, 11) is 1.64. The number of para-hydroxylation sites is 1. The van der Waals surface area contributed by atoms with Crippen molar-refractivity contribution in [3.63, 3.8) is 0 Å². The van der Waals surface area contributed by atoms with Gasteiger partial charge in [-0.15, -0.1) is 10.2 Å². The van der Waals surface area contributed by atoms with Gasteiger partial charge in [0.1, 0.15) is 11.8 Å². The number of thioether (sulfide) groups is 1. The standard InChI is InChI=1S/C28H24N4O4S/c1-35-23-12-11-17(13-18(23)15-37-28-32-31-26(36-28)16-7-3-2-4-8-16)24-25-20(14-22(30-24)27(33)34)19-9-5-6-10-21(19)29-25/h2-13,22,24,29-30H,14-15H2,1H3,(H,33,34). The van der Waals surface area contributed by atoms with Gasteiger partial charge in [0.2, 0.25) is 5.89 Å². The number of hydrogen-bond donors (Lipinski definition) is 3. The minimum atomic E-state index is -0.865. The monoisotopic (exact) mass is 512 g/mol. The van der Waals surface area contributed by atoms with Crippen molar-refractivity contribution < 1.29 is 19.1 Å². The van der Waals surface area contributed by atoms with Gasteiger partial charge in [0.15, 0.2) is 0 Å². The molecule has 0 spiro atoms. The Hall–Kier alpha value is -4.08. The van der Waals surface area contributed by atoms with Crippen LogP contribution in [-0.2, 0) is 17.0 Å². The second kappa shape index (κ2) is 9.76. The molecule has 5 aromatic rings. The van der Waals surface area contributed by atoms with Crippen LogP contribution in [0.3, 0.4) is 0 Å². The van der Waals surface area contributed by atoms with E-state index in [4.69, 9.17) is 9.15 Å². The second-order valence-corrected chi connectivity index (χ2v) is 9.78. The summed E-state index contributed by atoms with van der Waals surface area (Å²) in [4.78, 5) is 15.5. The van der Waals surface area contributed by atoms with Gasteiger partial charge in [0.25, 0.3) is 5.22 Å². The van der Waals surface area contributed by atoms with E-state index < -0.39 is 12.0 Å². The van der Waals surface area contributed by atoms with E-state index in [1.807, 2.05) is 66.7 Å². The lowest BCUT2D eigenvalue weighted by Gasteiger charge is -2.30. The molecule has 9 heteroatoms. The third kappa shape index (κ3) is 4.47. The fourth-order valence-corrected chi connectivity index (χ4v) is 5.59. The zero-order valence-corrected chi connectivity index (χ0v) is 20.8. The maximum atomic E-state index is 12.0. The number of H-pyrrole nitrogens is 1. The summed E-state index contributed by atoms with van der Waals surface area (Å²) in [5.41, 5.74) is 5.80. The Kier molecular flexibility index (Phi) is 6.15. The van der Waals surface area contributed by atoms with Crippen molar-refractivity contribution in [3.05, 3.63) is 95.2 Å². The first-order chi connectivity index (χ1) is 18.1. The highest BCUT2D eigenvalue weighted by molar-refractivity contribution is 7.98. The summed E-state index contributed by atoms with van der Waals surface area (Å²) < 4.78 is 11.5. The van der Waals surface area contributed by atoms with Gasteiger partial charge in [-0.3, -0.25) is 10.1 Å². The number of fused-ring (bicyclic) bond motifs is 3. The lowest BCUT2D eigenvalue weighted by atomic mass is 9.90. The number of methoxy groups -OCH3 is 1. The molecule has 2 atom stereocenters. The normalized spacial score (nSPS) is 17.0. The Morgan fingerprint density at radius 2 is 1.92 bits per heavy atom. The summed E-state index contributed by atoms with van der Waals surface area (Å²) in [5.74, 6) is 0.890. The first-order valence-corrected chi connectivity index (χ1v) is 12.9. The van der Waals surface area contributed by atoms with Gasteiger partial charge in [0.05, 0.1) is 13.2 Å².